The number of halogens is 1. The Morgan fingerprint density at radius 1 is 1.32 bits per heavy atom. The van der Waals surface area contributed by atoms with Crippen molar-refractivity contribution in [2.75, 3.05) is 19.8 Å². The first-order valence-electron chi connectivity index (χ1n) is 6.57. The number of hydrogen-bond acceptors (Lipinski definition) is 3. The van der Waals surface area contributed by atoms with Gasteiger partial charge in [0, 0.05) is 31.4 Å². The molecule has 0 saturated carbocycles. The molecule has 0 atom stereocenters. The molecule has 19 heavy (non-hydrogen) atoms. The minimum absolute atomic E-state index is 0.0526. The third-order valence-electron chi connectivity index (χ3n) is 3.15. The molecule has 1 aliphatic heterocycles. The second-order valence-electron chi connectivity index (χ2n) is 4.65. The van der Waals surface area contributed by atoms with Gasteiger partial charge >= 0.3 is 0 Å². The zero-order chi connectivity index (χ0) is 13.5. The maximum Gasteiger partial charge on any atom is 0.234 e. The molecule has 1 aromatic rings. The zero-order valence-electron chi connectivity index (χ0n) is 10.8. The second kappa shape index (κ2) is 7.21. The summed E-state index contributed by atoms with van der Waals surface area (Å²) in [4.78, 5) is 11.7. The quantitative estimate of drug-likeness (QED) is 0.842. The fraction of sp³-hybridized carbons (Fsp3) is 0.500. The maximum absolute atomic E-state index is 13.3. The van der Waals surface area contributed by atoms with Gasteiger partial charge < -0.3 is 15.4 Å². The van der Waals surface area contributed by atoms with Crippen molar-refractivity contribution in [2.45, 2.75) is 25.4 Å². The Labute approximate surface area is 112 Å². The van der Waals surface area contributed by atoms with E-state index < -0.39 is 0 Å². The molecule has 1 saturated heterocycles. The van der Waals surface area contributed by atoms with Crippen molar-refractivity contribution >= 4 is 5.91 Å². The van der Waals surface area contributed by atoms with Crippen LogP contribution in [0.3, 0.4) is 0 Å². The zero-order valence-corrected chi connectivity index (χ0v) is 10.8. The lowest BCUT2D eigenvalue weighted by atomic mass is 10.1. The summed E-state index contributed by atoms with van der Waals surface area (Å²) in [7, 11) is 0. The van der Waals surface area contributed by atoms with Crippen LogP contribution in [-0.4, -0.2) is 31.7 Å². The SMILES string of the molecule is O=C(CNCc1ccccc1F)NC1CCOCC1. The second-order valence-corrected chi connectivity index (χ2v) is 4.65. The number of carbonyl (C=O) groups excluding carboxylic acids is 1. The Kier molecular flexibility index (Phi) is 5.30. The van der Waals surface area contributed by atoms with E-state index in [-0.39, 0.29) is 24.3 Å². The Morgan fingerprint density at radius 3 is 2.79 bits per heavy atom. The highest BCUT2D eigenvalue weighted by Crippen LogP contribution is 2.06. The van der Waals surface area contributed by atoms with Gasteiger partial charge in [0.25, 0.3) is 0 Å². The molecule has 1 aliphatic rings. The molecule has 4 nitrogen and oxygen atoms in total. The number of hydrogen-bond donors (Lipinski definition) is 2. The molecule has 5 heteroatoms. The number of benzene rings is 1. The third-order valence-corrected chi connectivity index (χ3v) is 3.15. The number of rotatable bonds is 5. The normalized spacial score (nSPS) is 16.3. The van der Waals surface area contributed by atoms with E-state index in [0.717, 1.165) is 12.8 Å². The van der Waals surface area contributed by atoms with Crippen molar-refractivity contribution in [3.63, 3.8) is 0 Å². The molecule has 1 heterocycles. The largest absolute Gasteiger partial charge is 0.381 e. The molecule has 1 aromatic carbocycles. The number of carbonyl (C=O) groups is 1. The van der Waals surface area contributed by atoms with Crippen LogP contribution in [0.2, 0.25) is 0 Å². The van der Waals surface area contributed by atoms with E-state index in [4.69, 9.17) is 4.74 Å². The first kappa shape index (κ1) is 14.0. The molecule has 2 rings (SSSR count). The Hall–Kier alpha value is -1.46. The molecule has 0 spiro atoms. The molecule has 0 unspecified atom stereocenters. The standard InChI is InChI=1S/C14H19FN2O2/c15-13-4-2-1-3-11(13)9-16-10-14(18)17-12-5-7-19-8-6-12/h1-4,12,16H,5-10H2,(H,17,18). The molecule has 1 amide bonds. The van der Waals surface area contributed by atoms with Crippen LogP contribution in [0.25, 0.3) is 0 Å². The monoisotopic (exact) mass is 266 g/mol. The summed E-state index contributed by atoms with van der Waals surface area (Å²) in [6, 6.07) is 6.76. The van der Waals surface area contributed by atoms with Gasteiger partial charge in [0.2, 0.25) is 5.91 Å². The van der Waals surface area contributed by atoms with Gasteiger partial charge in [-0.05, 0) is 18.9 Å². The fourth-order valence-electron chi connectivity index (χ4n) is 2.07. The Morgan fingerprint density at radius 2 is 2.05 bits per heavy atom. The van der Waals surface area contributed by atoms with E-state index in [2.05, 4.69) is 10.6 Å². The van der Waals surface area contributed by atoms with Gasteiger partial charge in [-0.2, -0.15) is 0 Å². The van der Waals surface area contributed by atoms with Crippen LogP contribution in [0.15, 0.2) is 24.3 Å². The first-order chi connectivity index (χ1) is 9.25. The number of nitrogens with one attached hydrogen (secondary N) is 2. The van der Waals surface area contributed by atoms with Crippen molar-refractivity contribution < 1.29 is 13.9 Å². The summed E-state index contributed by atoms with van der Waals surface area (Å²) >= 11 is 0. The highest BCUT2D eigenvalue weighted by atomic mass is 19.1. The lowest BCUT2D eigenvalue weighted by Gasteiger charge is -2.23. The summed E-state index contributed by atoms with van der Waals surface area (Å²) < 4.78 is 18.6. The molecule has 0 bridgehead atoms. The number of ether oxygens (including phenoxy) is 1. The van der Waals surface area contributed by atoms with Gasteiger partial charge in [-0.15, -0.1) is 0 Å². The first-order valence-corrected chi connectivity index (χ1v) is 6.57. The van der Waals surface area contributed by atoms with Gasteiger partial charge in [0.1, 0.15) is 5.82 Å². The molecule has 1 fully saturated rings. The average molecular weight is 266 g/mol. The van der Waals surface area contributed by atoms with Crippen molar-refractivity contribution in [2.24, 2.45) is 0 Å². The summed E-state index contributed by atoms with van der Waals surface area (Å²) in [5, 5.41) is 5.89. The Bertz CT molecular complexity index is 420. The smallest absolute Gasteiger partial charge is 0.234 e. The summed E-state index contributed by atoms with van der Waals surface area (Å²) in [5.74, 6) is -0.303. The van der Waals surface area contributed by atoms with Crippen LogP contribution in [0.1, 0.15) is 18.4 Å². The molecule has 2 N–H and O–H groups in total. The Balaban J connectivity index is 1.67. The van der Waals surface area contributed by atoms with E-state index in [1.165, 1.54) is 6.07 Å². The van der Waals surface area contributed by atoms with Gasteiger partial charge in [-0.3, -0.25) is 4.79 Å². The van der Waals surface area contributed by atoms with E-state index in [1.807, 2.05) is 0 Å². The predicted octanol–water partition coefficient (Wildman–Crippen LogP) is 1.21. The summed E-state index contributed by atoms with van der Waals surface area (Å²) in [5.41, 5.74) is 0.571. The lowest BCUT2D eigenvalue weighted by Crippen LogP contribution is -2.42. The van der Waals surface area contributed by atoms with Crippen molar-refractivity contribution in [3.8, 4) is 0 Å². The van der Waals surface area contributed by atoms with Crippen LogP contribution in [-0.2, 0) is 16.1 Å². The van der Waals surface area contributed by atoms with Crippen LogP contribution in [0.5, 0.6) is 0 Å². The van der Waals surface area contributed by atoms with Crippen LogP contribution in [0, 0.1) is 5.82 Å². The fourth-order valence-corrected chi connectivity index (χ4v) is 2.07. The van der Waals surface area contributed by atoms with Gasteiger partial charge in [-0.1, -0.05) is 18.2 Å². The van der Waals surface area contributed by atoms with Gasteiger partial charge in [-0.25, -0.2) is 4.39 Å². The molecule has 0 radical (unpaired) electrons. The van der Waals surface area contributed by atoms with Gasteiger partial charge in [0.05, 0.1) is 6.54 Å². The predicted molar refractivity (Wildman–Crippen MR) is 70.1 cm³/mol. The average Bonchev–Trinajstić information content (AvgIpc) is 2.42. The molecule has 0 aromatic heterocycles. The number of amides is 1. The topological polar surface area (TPSA) is 50.4 Å². The molecular weight excluding hydrogens is 247 g/mol. The van der Waals surface area contributed by atoms with Gasteiger partial charge in [0.15, 0.2) is 0 Å². The van der Waals surface area contributed by atoms with E-state index in [1.54, 1.807) is 18.2 Å². The van der Waals surface area contributed by atoms with E-state index >= 15 is 0 Å². The van der Waals surface area contributed by atoms with Crippen molar-refractivity contribution in [3.05, 3.63) is 35.6 Å². The van der Waals surface area contributed by atoms with Crippen LogP contribution < -0.4 is 10.6 Å². The van der Waals surface area contributed by atoms with Crippen molar-refractivity contribution in [1.82, 2.24) is 10.6 Å². The molecule has 0 aliphatic carbocycles. The van der Waals surface area contributed by atoms with Crippen LogP contribution in [0.4, 0.5) is 4.39 Å². The third kappa shape index (κ3) is 4.61. The lowest BCUT2D eigenvalue weighted by molar-refractivity contribution is -0.121. The minimum Gasteiger partial charge on any atom is -0.381 e. The highest BCUT2D eigenvalue weighted by Gasteiger charge is 2.15. The summed E-state index contributed by atoms with van der Waals surface area (Å²) in [6.45, 7) is 1.96. The molecule has 104 valence electrons. The minimum atomic E-state index is -0.250. The highest BCUT2D eigenvalue weighted by molar-refractivity contribution is 5.78. The van der Waals surface area contributed by atoms with E-state index in [9.17, 15) is 9.18 Å². The van der Waals surface area contributed by atoms with E-state index in [0.29, 0.717) is 25.3 Å². The van der Waals surface area contributed by atoms with Crippen molar-refractivity contribution in [1.29, 1.82) is 0 Å². The molecular formula is C14H19FN2O2. The summed E-state index contributed by atoms with van der Waals surface area (Å²) in [6.07, 6.45) is 1.72. The maximum atomic E-state index is 13.3. The van der Waals surface area contributed by atoms with Crippen LogP contribution >= 0.6 is 0 Å².